The van der Waals surface area contributed by atoms with Crippen molar-refractivity contribution in [2.24, 2.45) is 0 Å². The Morgan fingerprint density at radius 1 is 1.05 bits per heavy atom. The second-order valence-corrected chi connectivity index (χ2v) is 6.24. The van der Waals surface area contributed by atoms with E-state index in [1.54, 1.807) is 0 Å². The number of aryl methyl sites for hydroxylation is 1. The van der Waals surface area contributed by atoms with Crippen LogP contribution in [-0.2, 0) is 0 Å². The minimum atomic E-state index is -0.0215. The first-order valence-corrected chi connectivity index (χ1v) is 8.12. The van der Waals surface area contributed by atoms with E-state index in [-0.39, 0.29) is 11.8 Å². The van der Waals surface area contributed by atoms with Crippen molar-refractivity contribution in [3.63, 3.8) is 0 Å². The summed E-state index contributed by atoms with van der Waals surface area (Å²) in [6.07, 6.45) is 1.19. The van der Waals surface area contributed by atoms with Gasteiger partial charge in [-0.2, -0.15) is 0 Å². The van der Waals surface area contributed by atoms with Crippen LogP contribution in [0.4, 0.5) is 0 Å². The van der Waals surface area contributed by atoms with Gasteiger partial charge in [0, 0.05) is 37.8 Å². The lowest BCUT2D eigenvalue weighted by Gasteiger charge is -2.40. The van der Waals surface area contributed by atoms with Crippen molar-refractivity contribution in [1.29, 1.82) is 0 Å². The van der Waals surface area contributed by atoms with Gasteiger partial charge in [-0.1, -0.05) is 36.8 Å². The van der Waals surface area contributed by atoms with Gasteiger partial charge in [-0.25, -0.2) is 0 Å². The van der Waals surface area contributed by atoms with Crippen LogP contribution in [0.25, 0.3) is 0 Å². The molecule has 1 fully saturated rings. The standard InChI is InChI=1S/C18H28N2O/c1-5-15(3)19-10-12-20(13-11-19)16(4)18(21)17-8-6-14(2)7-9-17/h6-9,15-16H,5,10-13H2,1-4H3. The van der Waals surface area contributed by atoms with Crippen molar-refractivity contribution >= 4 is 5.78 Å². The molecular weight excluding hydrogens is 260 g/mol. The number of hydrogen-bond acceptors (Lipinski definition) is 3. The molecule has 1 aliphatic heterocycles. The van der Waals surface area contributed by atoms with Crippen LogP contribution >= 0.6 is 0 Å². The molecule has 0 radical (unpaired) electrons. The maximum Gasteiger partial charge on any atom is 0.179 e. The van der Waals surface area contributed by atoms with Crippen LogP contribution < -0.4 is 0 Å². The highest BCUT2D eigenvalue weighted by Crippen LogP contribution is 2.15. The fraction of sp³-hybridized carbons (Fsp3) is 0.611. The zero-order valence-corrected chi connectivity index (χ0v) is 13.8. The van der Waals surface area contributed by atoms with Gasteiger partial charge < -0.3 is 0 Å². The van der Waals surface area contributed by atoms with Crippen molar-refractivity contribution in [1.82, 2.24) is 9.80 Å². The van der Waals surface area contributed by atoms with E-state index in [9.17, 15) is 4.79 Å². The average Bonchev–Trinajstić information content (AvgIpc) is 2.53. The summed E-state index contributed by atoms with van der Waals surface area (Å²) in [5.74, 6) is 0.243. The van der Waals surface area contributed by atoms with E-state index < -0.39 is 0 Å². The van der Waals surface area contributed by atoms with Gasteiger partial charge in [-0.15, -0.1) is 0 Å². The van der Waals surface area contributed by atoms with Gasteiger partial charge in [-0.3, -0.25) is 14.6 Å². The number of ketones is 1. The molecular formula is C18H28N2O. The largest absolute Gasteiger partial charge is 0.298 e. The molecule has 0 aromatic heterocycles. The Bertz CT molecular complexity index is 461. The molecule has 0 bridgehead atoms. The van der Waals surface area contributed by atoms with Gasteiger partial charge in [-0.05, 0) is 27.2 Å². The maximum atomic E-state index is 12.6. The number of Topliss-reactive ketones (excluding diaryl/α,β-unsaturated/α-hetero) is 1. The molecule has 1 aliphatic rings. The van der Waals surface area contributed by atoms with Crippen LogP contribution in [0, 0.1) is 6.92 Å². The fourth-order valence-electron chi connectivity index (χ4n) is 2.95. The molecule has 3 nitrogen and oxygen atoms in total. The van der Waals surface area contributed by atoms with E-state index in [0.29, 0.717) is 6.04 Å². The highest BCUT2D eigenvalue weighted by atomic mass is 16.1. The molecule has 21 heavy (non-hydrogen) atoms. The molecule has 0 N–H and O–H groups in total. The van der Waals surface area contributed by atoms with Crippen LogP contribution in [0.1, 0.15) is 43.1 Å². The summed E-state index contributed by atoms with van der Waals surface area (Å²) < 4.78 is 0. The lowest BCUT2D eigenvalue weighted by molar-refractivity contribution is 0.0613. The SMILES string of the molecule is CCC(C)N1CCN(C(C)C(=O)c2ccc(C)cc2)CC1. The number of hydrogen-bond donors (Lipinski definition) is 0. The summed E-state index contributed by atoms with van der Waals surface area (Å²) in [4.78, 5) is 17.4. The monoisotopic (exact) mass is 288 g/mol. The average molecular weight is 288 g/mol. The Balaban J connectivity index is 1.93. The van der Waals surface area contributed by atoms with Gasteiger partial charge >= 0.3 is 0 Å². The number of piperazine rings is 1. The summed E-state index contributed by atoms with van der Waals surface area (Å²) in [7, 11) is 0. The van der Waals surface area contributed by atoms with Crippen LogP contribution in [0.5, 0.6) is 0 Å². The van der Waals surface area contributed by atoms with Gasteiger partial charge in [0.05, 0.1) is 6.04 Å². The van der Waals surface area contributed by atoms with Gasteiger partial charge in [0.1, 0.15) is 0 Å². The van der Waals surface area contributed by atoms with Crippen molar-refractivity contribution in [3.8, 4) is 0 Å². The van der Waals surface area contributed by atoms with Crippen LogP contribution in [0.15, 0.2) is 24.3 Å². The molecule has 0 aliphatic carbocycles. The third kappa shape index (κ3) is 3.92. The number of rotatable bonds is 5. The Labute approximate surface area is 128 Å². The third-order valence-electron chi connectivity index (χ3n) is 4.83. The van der Waals surface area contributed by atoms with Gasteiger partial charge in [0.15, 0.2) is 5.78 Å². The lowest BCUT2D eigenvalue weighted by atomic mass is 10.0. The molecule has 0 saturated carbocycles. The van der Waals surface area contributed by atoms with Gasteiger partial charge in [0.2, 0.25) is 0 Å². The predicted molar refractivity (Wildman–Crippen MR) is 87.9 cm³/mol. The second kappa shape index (κ2) is 7.19. The number of carbonyl (C=O) groups is 1. The first-order valence-electron chi connectivity index (χ1n) is 8.12. The summed E-state index contributed by atoms with van der Waals surface area (Å²) in [6, 6.07) is 8.55. The van der Waals surface area contributed by atoms with Crippen molar-refractivity contribution in [3.05, 3.63) is 35.4 Å². The first-order chi connectivity index (χ1) is 10.0. The highest BCUT2D eigenvalue weighted by molar-refractivity contribution is 5.99. The maximum absolute atomic E-state index is 12.6. The molecule has 2 unspecified atom stereocenters. The Morgan fingerprint density at radius 3 is 2.10 bits per heavy atom. The van der Waals surface area contributed by atoms with Crippen LogP contribution in [0.3, 0.4) is 0 Å². The topological polar surface area (TPSA) is 23.6 Å². The Hall–Kier alpha value is -1.19. The Kier molecular flexibility index (Phi) is 5.54. The smallest absolute Gasteiger partial charge is 0.179 e. The lowest BCUT2D eigenvalue weighted by Crippen LogP contribution is -2.53. The van der Waals surface area contributed by atoms with Crippen LogP contribution in [0.2, 0.25) is 0 Å². The molecule has 3 heteroatoms. The molecule has 2 rings (SSSR count). The highest BCUT2D eigenvalue weighted by Gasteiger charge is 2.27. The summed E-state index contributed by atoms with van der Waals surface area (Å²) in [5.41, 5.74) is 2.03. The van der Waals surface area contributed by atoms with Gasteiger partial charge in [0.25, 0.3) is 0 Å². The number of carbonyl (C=O) groups excluding carboxylic acids is 1. The number of benzene rings is 1. The van der Waals surface area contributed by atoms with E-state index >= 15 is 0 Å². The quantitative estimate of drug-likeness (QED) is 0.778. The zero-order chi connectivity index (χ0) is 15.4. The Morgan fingerprint density at radius 2 is 1.57 bits per heavy atom. The van der Waals surface area contributed by atoms with Crippen molar-refractivity contribution < 1.29 is 4.79 Å². The van der Waals surface area contributed by atoms with Crippen molar-refractivity contribution in [2.45, 2.75) is 46.2 Å². The van der Waals surface area contributed by atoms with E-state index in [1.165, 1.54) is 12.0 Å². The van der Waals surface area contributed by atoms with E-state index in [4.69, 9.17) is 0 Å². The molecule has 1 aromatic carbocycles. The first kappa shape index (κ1) is 16.2. The number of nitrogens with zero attached hydrogens (tertiary/aromatic N) is 2. The fourth-order valence-corrected chi connectivity index (χ4v) is 2.95. The zero-order valence-electron chi connectivity index (χ0n) is 13.8. The van der Waals surface area contributed by atoms with E-state index in [0.717, 1.165) is 31.7 Å². The molecule has 1 aromatic rings. The predicted octanol–water partition coefficient (Wildman–Crippen LogP) is 2.98. The summed E-state index contributed by atoms with van der Waals surface area (Å²) in [5, 5.41) is 0. The third-order valence-corrected chi connectivity index (χ3v) is 4.83. The molecule has 0 amide bonds. The minimum absolute atomic E-state index is 0.0215. The molecule has 1 heterocycles. The van der Waals surface area contributed by atoms with E-state index in [1.807, 2.05) is 38.1 Å². The summed E-state index contributed by atoms with van der Waals surface area (Å²) in [6.45, 7) is 12.7. The molecule has 0 spiro atoms. The second-order valence-electron chi connectivity index (χ2n) is 6.24. The summed E-state index contributed by atoms with van der Waals surface area (Å²) >= 11 is 0. The molecule has 2 atom stereocenters. The van der Waals surface area contributed by atoms with E-state index in [2.05, 4.69) is 23.6 Å². The molecule has 116 valence electrons. The van der Waals surface area contributed by atoms with Crippen molar-refractivity contribution in [2.75, 3.05) is 26.2 Å². The normalized spacial score (nSPS) is 20.2. The minimum Gasteiger partial charge on any atom is -0.298 e. The molecule has 1 saturated heterocycles. The van der Waals surface area contributed by atoms with Crippen LogP contribution in [-0.4, -0.2) is 53.8 Å².